The van der Waals surface area contributed by atoms with Gasteiger partial charge in [0.05, 0.1) is 11.6 Å². The molecule has 1 atom stereocenters. The second-order valence-corrected chi connectivity index (χ2v) is 8.02. The molecule has 1 aliphatic heterocycles. The average molecular weight is 447 g/mol. The van der Waals surface area contributed by atoms with Gasteiger partial charge in [0.15, 0.2) is 5.82 Å². The number of nitrogens with one attached hydrogen (secondary N) is 1. The fourth-order valence-corrected chi connectivity index (χ4v) is 4.13. The van der Waals surface area contributed by atoms with Crippen LogP contribution >= 0.6 is 27.3 Å². The topological polar surface area (TPSA) is 88.3 Å². The minimum absolute atomic E-state index is 0.0636. The van der Waals surface area contributed by atoms with Crippen LogP contribution in [0.4, 0.5) is 11.4 Å². The number of halogens is 1. The summed E-state index contributed by atoms with van der Waals surface area (Å²) in [7, 11) is 0. The highest BCUT2D eigenvalue weighted by Gasteiger charge is 2.35. The van der Waals surface area contributed by atoms with Crippen LogP contribution in [0.25, 0.3) is 10.8 Å². The Morgan fingerprint density at radius 2 is 2.26 bits per heavy atom. The Hall–Kier alpha value is -2.52. The molecule has 0 bridgehead atoms. The minimum atomic E-state index is -0.423. The molecule has 4 rings (SSSR count). The largest absolute Gasteiger partial charge is 0.333 e. The van der Waals surface area contributed by atoms with Crippen molar-refractivity contribution < 1.29 is 14.1 Å². The van der Waals surface area contributed by atoms with Crippen molar-refractivity contribution in [3.63, 3.8) is 0 Å². The molecule has 1 fully saturated rings. The number of thiophene rings is 1. The molecule has 1 N–H and O–H groups in total. The van der Waals surface area contributed by atoms with E-state index in [2.05, 4.69) is 31.4 Å². The summed E-state index contributed by atoms with van der Waals surface area (Å²) in [6.07, 6.45) is 0.178. The molecule has 1 aliphatic rings. The van der Waals surface area contributed by atoms with E-state index < -0.39 is 5.92 Å². The van der Waals surface area contributed by atoms with Crippen LogP contribution in [-0.2, 0) is 9.59 Å². The lowest BCUT2D eigenvalue weighted by Gasteiger charge is -2.17. The van der Waals surface area contributed by atoms with E-state index in [4.69, 9.17) is 4.52 Å². The predicted octanol–water partition coefficient (Wildman–Crippen LogP) is 3.86. The highest BCUT2D eigenvalue weighted by molar-refractivity contribution is 9.10. The van der Waals surface area contributed by atoms with Gasteiger partial charge in [0.1, 0.15) is 4.88 Å². The number of hydrogen-bond acceptors (Lipinski definition) is 6. The average Bonchev–Trinajstić information content (AvgIpc) is 3.35. The second kappa shape index (κ2) is 7.24. The lowest BCUT2D eigenvalue weighted by atomic mass is 10.1. The molecule has 1 unspecified atom stereocenters. The minimum Gasteiger partial charge on any atom is -0.333 e. The first-order valence-corrected chi connectivity index (χ1v) is 9.93. The smallest absolute Gasteiger partial charge is 0.270 e. The van der Waals surface area contributed by atoms with Crippen LogP contribution in [0.3, 0.4) is 0 Å². The number of hydrogen-bond donors (Lipinski definition) is 1. The number of anilines is 2. The van der Waals surface area contributed by atoms with Gasteiger partial charge in [0, 0.05) is 23.1 Å². The van der Waals surface area contributed by atoms with Gasteiger partial charge in [-0.3, -0.25) is 9.59 Å². The first-order valence-electron chi connectivity index (χ1n) is 8.26. The van der Waals surface area contributed by atoms with Crippen molar-refractivity contribution in [3.05, 3.63) is 46.0 Å². The van der Waals surface area contributed by atoms with Crippen LogP contribution in [0.5, 0.6) is 0 Å². The Morgan fingerprint density at radius 1 is 1.41 bits per heavy atom. The van der Waals surface area contributed by atoms with Gasteiger partial charge in [0.25, 0.3) is 5.89 Å². The Morgan fingerprint density at radius 3 is 3.00 bits per heavy atom. The van der Waals surface area contributed by atoms with Crippen molar-refractivity contribution in [2.45, 2.75) is 13.3 Å². The van der Waals surface area contributed by atoms with Crippen LogP contribution < -0.4 is 10.2 Å². The van der Waals surface area contributed by atoms with Crippen LogP contribution in [0.2, 0.25) is 0 Å². The maximum absolute atomic E-state index is 12.7. The summed E-state index contributed by atoms with van der Waals surface area (Å²) in [5, 5.41) is 8.53. The third-order valence-electron chi connectivity index (χ3n) is 4.26. The molecule has 138 valence electrons. The molecule has 0 saturated carbocycles. The van der Waals surface area contributed by atoms with Gasteiger partial charge >= 0.3 is 0 Å². The SMILES string of the molecule is Cc1noc(-c2sccc2NC(=O)C2CC(=O)N(c3cccc(Br)c3)C2)n1. The number of nitrogens with zero attached hydrogens (tertiary/aromatic N) is 3. The molecule has 3 aromatic rings. The lowest BCUT2D eigenvalue weighted by molar-refractivity contribution is -0.122. The van der Waals surface area contributed by atoms with Crippen LogP contribution in [-0.4, -0.2) is 28.5 Å². The van der Waals surface area contributed by atoms with Crippen LogP contribution in [0.1, 0.15) is 12.2 Å². The Labute approximate surface area is 167 Å². The summed E-state index contributed by atoms with van der Waals surface area (Å²) in [6, 6.07) is 9.28. The van der Waals surface area contributed by atoms with Gasteiger partial charge in [-0.2, -0.15) is 4.98 Å². The van der Waals surface area contributed by atoms with E-state index in [1.807, 2.05) is 29.6 Å². The maximum Gasteiger partial charge on any atom is 0.270 e. The van der Waals surface area contributed by atoms with Crippen molar-refractivity contribution in [3.8, 4) is 10.8 Å². The zero-order chi connectivity index (χ0) is 19.0. The summed E-state index contributed by atoms with van der Waals surface area (Å²) >= 11 is 4.82. The molecule has 1 aromatic carbocycles. The monoisotopic (exact) mass is 446 g/mol. The molecule has 0 spiro atoms. The number of rotatable bonds is 4. The van der Waals surface area contributed by atoms with E-state index in [-0.39, 0.29) is 18.2 Å². The molecule has 0 aliphatic carbocycles. The van der Waals surface area contributed by atoms with Crippen molar-refractivity contribution >= 4 is 50.5 Å². The van der Waals surface area contributed by atoms with Crippen molar-refractivity contribution in [1.82, 2.24) is 10.1 Å². The Kier molecular flexibility index (Phi) is 4.79. The first kappa shape index (κ1) is 17.9. The molecular weight excluding hydrogens is 432 g/mol. The van der Waals surface area contributed by atoms with Gasteiger partial charge in [-0.15, -0.1) is 11.3 Å². The van der Waals surface area contributed by atoms with Gasteiger partial charge in [-0.05, 0) is 36.6 Å². The third-order valence-corrected chi connectivity index (χ3v) is 5.66. The van der Waals surface area contributed by atoms with Crippen molar-refractivity contribution in [2.75, 3.05) is 16.8 Å². The molecule has 2 amide bonds. The van der Waals surface area contributed by atoms with E-state index in [0.717, 1.165) is 10.2 Å². The Balaban J connectivity index is 1.49. The second-order valence-electron chi connectivity index (χ2n) is 6.18. The lowest BCUT2D eigenvalue weighted by Crippen LogP contribution is -2.28. The first-order chi connectivity index (χ1) is 13.0. The molecule has 0 radical (unpaired) electrons. The van der Waals surface area contributed by atoms with Crippen molar-refractivity contribution in [1.29, 1.82) is 0 Å². The number of benzene rings is 1. The number of carbonyl (C=O) groups is 2. The molecular formula is C18H15BrN4O3S. The van der Waals surface area contributed by atoms with Gasteiger partial charge in [-0.25, -0.2) is 0 Å². The number of aromatic nitrogens is 2. The zero-order valence-electron chi connectivity index (χ0n) is 14.3. The normalized spacial score (nSPS) is 16.7. The van der Waals surface area contributed by atoms with Gasteiger partial charge in [-0.1, -0.05) is 27.2 Å². The summed E-state index contributed by atoms with van der Waals surface area (Å²) in [5.41, 5.74) is 1.39. The summed E-state index contributed by atoms with van der Waals surface area (Å²) in [4.78, 5) is 31.7. The van der Waals surface area contributed by atoms with Crippen molar-refractivity contribution in [2.24, 2.45) is 5.92 Å². The molecule has 7 nitrogen and oxygen atoms in total. The fraction of sp³-hybridized carbons (Fsp3) is 0.222. The van der Waals surface area contributed by atoms with E-state index in [1.54, 1.807) is 17.9 Å². The van der Waals surface area contributed by atoms with Gasteiger partial charge in [0.2, 0.25) is 11.8 Å². The molecule has 1 saturated heterocycles. The van der Waals surface area contributed by atoms with E-state index in [1.165, 1.54) is 11.3 Å². The van der Waals surface area contributed by atoms with Gasteiger partial charge < -0.3 is 14.7 Å². The summed E-state index contributed by atoms with van der Waals surface area (Å²) in [5.74, 6) is 0.217. The molecule has 9 heteroatoms. The number of amides is 2. The van der Waals surface area contributed by atoms with E-state index in [9.17, 15) is 9.59 Å². The van der Waals surface area contributed by atoms with Crippen LogP contribution in [0.15, 0.2) is 44.7 Å². The zero-order valence-corrected chi connectivity index (χ0v) is 16.7. The Bertz CT molecular complexity index is 1020. The maximum atomic E-state index is 12.7. The fourth-order valence-electron chi connectivity index (χ4n) is 2.97. The molecule has 3 heterocycles. The summed E-state index contributed by atoms with van der Waals surface area (Å²) in [6.45, 7) is 2.08. The highest BCUT2D eigenvalue weighted by atomic mass is 79.9. The highest BCUT2D eigenvalue weighted by Crippen LogP contribution is 2.34. The summed E-state index contributed by atoms with van der Waals surface area (Å²) < 4.78 is 6.08. The standard InChI is InChI=1S/C18H15BrN4O3S/c1-10-20-18(26-22-10)16-14(5-6-27-16)21-17(25)11-7-15(24)23(9-11)13-4-2-3-12(19)8-13/h2-6,8,11H,7,9H2,1H3,(H,21,25). The number of aryl methyl sites for hydroxylation is 1. The third kappa shape index (κ3) is 3.65. The molecule has 2 aromatic heterocycles. The van der Waals surface area contributed by atoms with E-state index in [0.29, 0.717) is 28.8 Å². The quantitative estimate of drug-likeness (QED) is 0.656. The van der Waals surface area contributed by atoms with E-state index >= 15 is 0 Å². The number of carbonyl (C=O) groups excluding carboxylic acids is 2. The van der Waals surface area contributed by atoms with Crippen LogP contribution in [0, 0.1) is 12.8 Å². The predicted molar refractivity (Wildman–Crippen MR) is 106 cm³/mol. The molecule has 27 heavy (non-hydrogen) atoms.